The summed E-state index contributed by atoms with van der Waals surface area (Å²) in [5, 5.41) is 9.50. The van der Waals surface area contributed by atoms with Gasteiger partial charge in [0.1, 0.15) is 6.04 Å². The van der Waals surface area contributed by atoms with Crippen LogP contribution in [0.4, 0.5) is 0 Å². The number of piperidine rings is 1. The van der Waals surface area contributed by atoms with Gasteiger partial charge in [-0.1, -0.05) is 27.7 Å². The number of aliphatic carboxylic acids is 1. The van der Waals surface area contributed by atoms with Crippen LogP contribution in [-0.4, -0.2) is 41.0 Å². The first-order chi connectivity index (χ1) is 9.20. The van der Waals surface area contributed by atoms with Crippen LogP contribution in [0.15, 0.2) is 0 Å². The summed E-state index contributed by atoms with van der Waals surface area (Å²) in [6.45, 7) is 8.74. The van der Waals surface area contributed by atoms with Crippen molar-refractivity contribution in [3.05, 3.63) is 0 Å². The van der Waals surface area contributed by atoms with Gasteiger partial charge in [0.25, 0.3) is 0 Å². The molecule has 116 valence electrons. The van der Waals surface area contributed by atoms with Crippen molar-refractivity contribution in [3.8, 4) is 0 Å². The van der Waals surface area contributed by atoms with Gasteiger partial charge in [-0.25, -0.2) is 4.79 Å². The van der Waals surface area contributed by atoms with Crippen LogP contribution in [0.2, 0.25) is 0 Å². The molecule has 1 saturated heterocycles. The summed E-state index contributed by atoms with van der Waals surface area (Å²) in [7, 11) is 0. The van der Waals surface area contributed by atoms with Crippen LogP contribution >= 0.6 is 0 Å². The minimum atomic E-state index is -0.914. The normalized spacial score (nSPS) is 23.7. The highest BCUT2D eigenvalue weighted by atomic mass is 16.4. The van der Waals surface area contributed by atoms with E-state index in [4.69, 9.17) is 5.73 Å². The Balaban J connectivity index is 2.96. The number of likely N-dealkylation sites (tertiary alicyclic amines) is 1. The van der Waals surface area contributed by atoms with Crippen LogP contribution in [0.5, 0.6) is 0 Å². The Bertz CT molecular complexity index is 366. The molecule has 1 rings (SSSR count). The quantitative estimate of drug-likeness (QED) is 0.805. The van der Waals surface area contributed by atoms with Gasteiger partial charge in [-0.05, 0) is 30.6 Å². The molecule has 0 aromatic rings. The molecular formula is C15H28N2O3. The van der Waals surface area contributed by atoms with Gasteiger partial charge in [0.2, 0.25) is 5.91 Å². The Morgan fingerprint density at radius 2 is 2.00 bits per heavy atom. The van der Waals surface area contributed by atoms with E-state index in [-0.39, 0.29) is 18.4 Å². The fraction of sp³-hybridized carbons (Fsp3) is 0.867. The zero-order valence-electron chi connectivity index (χ0n) is 13.1. The minimum absolute atomic E-state index is 0.0959. The maximum absolute atomic E-state index is 12.7. The van der Waals surface area contributed by atoms with Crippen molar-refractivity contribution in [2.75, 3.05) is 13.1 Å². The molecule has 0 aromatic carbocycles. The lowest BCUT2D eigenvalue weighted by Gasteiger charge is -2.45. The van der Waals surface area contributed by atoms with Gasteiger partial charge in [0, 0.05) is 13.1 Å². The molecule has 0 spiro atoms. The molecule has 1 fully saturated rings. The average Bonchev–Trinajstić information content (AvgIpc) is 2.32. The van der Waals surface area contributed by atoms with E-state index in [0.717, 1.165) is 12.8 Å². The zero-order chi connectivity index (χ0) is 15.5. The Morgan fingerprint density at radius 3 is 2.45 bits per heavy atom. The maximum Gasteiger partial charge on any atom is 0.326 e. The van der Waals surface area contributed by atoms with E-state index in [0.29, 0.717) is 18.9 Å². The SMILES string of the molecule is CC(C)CC(CN)C(=O)N1CCCC(C)(C)C1C(=O)O. The van der Waals surface area contributed by atoms with Crippen LogP contribution in [0.1, 0.15) is 47.0 Å². The smallest absolute Gasteiger partial charge is 0.326 e. The molecule has 1 aliphatic rings. The van der Waals surface area contributed by atoms with Crippen molar-refractivity contribution in [1.82, 2.24) is 4.90 Å². The standard InChI is InChI=1S/C15H28N2O3/c1-10(2)8-11(9-16)13(18)17-7-5-6-15(3,4)12(17)14(19)20/h10-12H,5-9,16H2,1-4H3,(H,19,20). The van der Waals surface area contributed by atoms with Gasteiger partial charge in [-0.15, -0.1) is 0 Å². The van der Waals surface area contributed by atoms with Crippen LogP contribution in [-0.2, 0) is 9.59 Å². The Kier molecular flexibility index (Phi) is 5.57. The summed E-state index contributed by atoms with van der Waals surface area (Å²) in [5.74, 6) is -0.913. The lowest BCUT2D eigenvalue weighted by atomic mass is 9.75. The van der Waals surface area contributed by atoms with Crippen molar-refractivity contribution in [1.29, 1.82) is 0 Å². The molecule has 1 heterocycles. The molecule has 0 aliphatic carbocycles. The van der Waals surface area contributed by atoms with Crippen molar-refractivity contribution < 1.29 is 14.7 Å². The van der Waals surface area contributed by atoms with Gasteiger partial charge < -0.3 is 15.7 Å². The Morgan fingerprint density at radius 1 is 1.40 bits per heavy atom. The van der Waals surface area contributed by atoms with Gasteiger partial charge >= 0.3 is 5.97 Å². The maximum atomic E-state index is 12.7. The summed E-state index contributed by atoms with van der Waals surface area (Å²) < 4.78 is 0. The zero-order valence-corrected chi connectivity index (χ0v) is 13.1. The average molecular weight is 284 g/mol. The van der Waals surface area contributed by atoms with Crippen LogP contribution in [0, 0.1) is 17.3 Å². The predicted molar refractivity (Wildman–Crippen MR) is 78.2 cm³/mol. The lowest BCUT2D eigenvalue weighted by molar-refractivity contribution is -0.160. The highest BCUT2D eigenvalue weighted by molar-refractivity contribution is 5.86. The van der Waals surface area contributed by atoms with Gasteiger partial charge in [-0.2, -0.15) is 0 Å². The first-order valence-electron chi connectivity index (χ1n) is 7.44. The van der Waals surface area contributed by atoms with Crippen molar-refractivity contribution in [2.45, 2.75) is 53.0 Å². The van der Waals surface area contributed by atoms with E-state index in [2.05, 4.69) is 0 Å². The number of rotatable bonds is 5. The van der Waals surface area contributed by atoms with Crippen molar-refractivity contribution in [3.63, 3.8) is 0 Å². The third-order valence-corrected chi connectivity index (χ3v) is 4.18. The lowest BCUT2D eigenvalue weighted by Crippen LogP contribution is -2.58. The first-order valence-corrected chi connectivity index (χ1v) is 7.44. The van der Waals surface area contributed by atoms with Crippen LogP contribution < -0.4 is 5.73 Å². The third kappa shape index (κ3) is 3.72. The highest BCUT2D eigenvalue weighted by Crippen LogP contribution is 2.36. The number of nitrogens with zero attached hydrogens (tertiary/aromatic N) is 1. The number of hydrogen-bond acceptors (Lipinski definition) is 3. The van der Waals surface area contributed by atoms with Crippen LogP contribution in [0.25, 0.3) is 0 Å². The first kappa shape index (κ1) is 17.0. The van der Waals surface area contributed by atoms with E-state index >= 15 is 0 Å². The van der Waals surface area contributed by atoms with Gasteiger partial charge in [0.15, 0.2) is 0 Å². The second kappa shape index (κ2) is 6.57. The van der Waals surface area contributed by atoms with E-state index in [1.165, 1.54) is 0 Å². The predicted octanol–water partition coefficient (Wildman–Crippen LogP) is 1.71. The van der Waals surface area contributed by atoms with Crippen molar-refractivity contribution >= 4 is 11.9 Å². The molecular weight excluding hydrogens is 256 g/mol. The number of hydrogen-bond donors (Lipinski definition) is 2. The summed E-state index contributed by atoms with van der Waals surface area (Å²) in [4.78, 5) is 25.8. The molecule has 5 nitrogen and oxygen atoms in total. The van der Waals surface area contributed by atoms with E-state index in [1.807, 2.05) is 27.7 Å². The van der Waals surface area contributed by atoms with E-state index in [1.54, 1.807) is 4.90 Å². The van der Waals surface area contributed by atoms with Crippen molar-refractivity contribution in [2.24, 2.45) is 23.0 Å². The molecule has 1 aliphatic heterocycles. The molecule has 2 atom stereocenters. The molecule has 1 amide bonds. The molecule has 0 saturated carbocycles. The second-order valence-corrected chi connectivity index (χ2v) is 6.93. The number of nitrogens with two attached hydrogens (primary N) is 1. The molecule has 3 N–H and O–H groups in total. The monoisotopic (exact) mass is 284 g/mol. The number of amides is 1. The van der Waals surface area contributed by atoms with Gasteiger partial charge in [-0.3, -0.25) is 4.79 Å². The number of carbonyl (C=O) groups excluding carboxylic acids is 1. The molecule has 5 heteroatoms. The number of carboxylic acid groups (broad SMARTS) is 1. The number of carboxylic acids is 1. The largest absolute Gasteiger partial charge is 0.480 e. The Hall–Kier alpha value is -1.10. The summed E-state index contributed by atoms with van der Waals surface area (Å²) >= 11 is 0. The molecule has 0 radical (unpaired) electrons. The molecule has 0 aromatic heterocycles. The van der Waals surface area contributed by atoms with E-state index in [9.17, 15) is 14.7 Å². The molecule has 20 heavy (non-hydrogen) atoms. The minimum Gasteiger partial charge on any atom is -0.480 e. The summed E-state index contributed by atoms with van der Waals surface area (Å²) in [6, 6.07) is -0.745. The fourth-order valence-corrected chi connectivity index (χ4v) is 3.20. The fourth-order valence-electron chi connectivity index (χ4n) is 3.20. The third-order valence-electron chi connectivity index (χ3n) is 4.18. The molecule has 2 unspecified atom stereocenters. The summed E-state index contributed by atoms with van der Waals surface area (Å²) in [6.07, 6.45) is 2.38. The van der Waals surface area contributed by atoms with E-state index < -0.39 is 17.4 Å². The highest BCUT2D eigenvalue weighted by Gasteiger charge is 2.45. The topological polar surface area (TPSA) is 83.6 Å². The summed E-state index contributed by atoms with van der Waals surface area (Å²) in [5.41, 5.74) is 5.33. The van der Waals surface area contributed by atoms with Gasteiger partial charge in [0.05, 0.1) is 5.92 Å². The van der Waals surface area contributed by atoms with Crippen LogP contribution in [0.3, 0.4) is 0 Å². The number of carbonyl (C=O) groups is 2. The second-order valence-electron chi connectivity index (χ2n) is 6.93. The Labute approximate surface area is 121 Å². The molecule has 0 bridgehead atoms.